The van der Waals surface area contributed by atoms with Crippen molar-refractivity contribution in [3.8, 4) is 0 Å². The second-order valence-electron chi connectivity index (χ2n) is 5.23. The van der Waals surface area contributed by atoms with Crippen LogP contribution in [0.15, 0.2) is 0 Å². The van der Waals surface area contributed by atoms with Gasteiger partial charge in [0.1, 0.15) is 6.04 Å². The summed E-state index contributed by atoms with van der Waals surface area (Å²) in [5.74, 6) is -1.67. The minimum absolute atomic E-state index is 0.103. The lowest BCUT2D eigenvalue weighted by atomic mass is 10.1. The zero-order valence-electron chi connectivity index (χ0n) is 12.3. The molecular weight excluding hydrogens is 264 g/mol. The highest BCUT2D eigenvalue weighted by atomic mass is 16.4. The maximum absolute atomic E-state index is 11.8. The predicted molar refractivity (Wildman–Crippen MR) is 73.5 cm³/mol. The number of hydrogen-bond donors (Lipinski definition) is 3. The maximum atomic E-state index is 11.8. The van der Waals surface area contributed by atoms with Gasteiger partial charge in [-0.15, -0.1) is 0 Å². The van der Waals surface area contributed by atoms with Gasteiger partial charge in [-0.25, -0.2) is 9.59 Å². The summed E-state index contributed by atoms with van der Waals surface area (Å²) in [7, 11) is 1.61. The van der Waals surface area contributed by atoms with Gasteiger partial charge in [-0.05, 0) is 25.2 Å². The average molecular weight is 288 g/mol. The smallest absolute Gasteiger partial charge is 0.326 e. The third kappa shape index (κ3) is 8.34. The molecule has 0 heterocycles. The molecule has 0 aromatic rings. The highest BCUT2D eigenvalue weighted by Gasteiger charge is 2.21. The summed E-state index contributed by atoms with van der Waals surface area (Å²) in [5, 5.41) is 19.9. The Labute approximate surface area is 119 Å². The fourth-order valence-corrected chi connectivity index (χ4v) is 1.53. The van der Waals surface area contributed by atoms with Gasteiger partial charge in [0.05, 0.1) is 0 Å². The van der Waals surface area contributed by atoms with Crippen molar-refractivity contribution in [2.75, 3.05) is 13.6 Å². The Bertz CT molecular complexity index is 344. The molecule has 7 nitrogen and oxygen atoms in total. The van der Waals surface area contributed by atoms with Gasteiger partial charge >= 0.3 is 18.0 Å². The van der Waals surface area contributed by atoms with Crippen LogP contribution in [-0.2, 0) is 9.59 Å². The molecule has 0 spiro atoms. The molecule has 0 aliphatic heterocycles. The first kappa shape index (κ1) is 18.2. The van der Waals surface area contributed by atoms with E-state index >= 15 is 0 Å². The molecule has 0 unspecified atom stereocenters. The van der Waals surface area contributed by atoms with E-state index in [1.807, 2.05) is 13.8 Å². The van der Waals surface area contributed by atoms with Crippen LogP contribution in [0, 0.1) is 5.92 Å². The molecule has 0 aliphatic rings. The van der Waals surface area contributed by atoms with Crippen molar-refractivity contribution in [2.24, 2.45) is 5.92 Å². The first-order chi connectivity index (χ1) is 9.23. The number of carboxylic acid groups (broad SMARTS) is 2. The molecule has 1 atom stereocenters. The molecule has 2 amide bonds. The summed E-state index contributed by atoms with van der Waals surface area (Å²) in [6.07, 6.45) is 1.04. The van der Waals surface area contributed by atoms with Crippen LogP contribution in [0.1, 0.15) is 39.5 Å². The van der Waals surface area contributed by atoms with Crippen LogP contribution in [0.3, 0.4) is 0 Å². The number of amides is 2. The lowest BCUT2D eigenvalue weighted by Crippen LogP contribution is -2.47. The number of hydrogen-bond acceptors (Lipinski definition) is 3. The van der Waals surface area contributed by atoms with Crippen LogP contribution in [0.5, 0.6) is 0 Å². The molecular formula is C13H24N2O5. The van der Waals surface area contributed by atoms with Crippen molar-refractivity contribution in [3.05, 3.63) is 0 Å². The third-order valence-electron chi connectivity index (χ3n) is 2.87. The fraction of sp³-hybridized carbons (Fsp3) is 0.769. The van der Waals surface area contributed by atoms with Crippen molar-refractivity contribution in [1.82, 2.24) is 10.2 Å². The number of carbonyl (C=O) groups excluding carboxylic acids is 1. The first-order valence-electron chi connectivity index (χ1n) is 6.70. The van der Waals surface area contributed by atoms with E-state index in [-0.39, 0.29) is 19.3 Å². The Hall–Kier alpha value is -1.79. The molecule has 0 rings (SSSR count). The topological polar surface area (TPSA) is 107 Å². The third-order valence-corrected chi connectivity index (χ3v) is 2.87. The maximum Gasteiger partial charge on any atom is 0.326 e. The molecule has 0 fully saturated rings. The van der Waals surface area contributed by atoms with Crippen LogP contribution >= 0.6 is 0 Å². The number of nitrogens with one attached hydrogen (secondary N) is 1. The molecule has 7 heteroatoms. The van der Waals surface area contributed by atoms with E-state index < -0.39 is 24.0 Å². The summed E-state index contributed by atoms with van der Waals surface area (Å²) in [6.45, 7) is 4.63. The average Bonchev–Trinajstić information content (AvgIpc) is 2.33. The highest BCUT2D eigenvalue weighted by Crippen LogP contribution is 2.04. The van der Waals surface area contributed by atoms with E-state index in [2.05, 4.69) is 5.32 Å². The first-order valence-corrected chi connectivity index (χ1v) is 6.70. The number of carbonyl (C=O) groups is 3. The largest absolute Gasteiger partial charge is 0.481 e. The summed E-state index contributed by atoms with van der Waals surface area (Å²) in [4.78, 5) is 34.6. The quantitative estimate of drug-likeness (QED) is 0.594. The van der Waals surface area contributed by atoms with Crippen LogP contribution in [0.2, 0.25) is 0 Å². The normalized spacial score (nSPS) is 12.0. The van der Waals surface area contributed by atoms with Crippen LogP contribution < -0.4 is 5.32 Å². The van der Waals surface area contributed by atoms with Gasteiger partial charge in [0, 0.05) is 20.0 Å². The fourth-order valence-electron chi connectivity index (χ4n) is 1.53. The van der Waals surface area contributed by atoms with Crippen LogP contribution in [-0.4, -0.2) is 52.7 Å². The Morgan fingerprint density at radius 2 is 1.75 bits per heavy atom. The summed E-state index contributed by atoms with van der Waals surface area (Å²) >= 11 is 0. The molecule has 0 bridgehead atoms. The molecule has 116 valence electrons. The molecule has 0 aliphatic carbocycles. The minimum Gasteiger partial charge on any atom is -0.481 e. The van der Waals surface area contributed by atoms with Gasteiger partial charge in [0.15, 0.2) is 0 Å². The van der Waals surface area contributed by atoms with E-state index in [9.17, 15) is 14.4 Å². The molecule has 0 saturated heterocycles. The molecule has 0 aromatic carbocycles. The second-order valence-corrected chi connectivity index (χ2v) is 5.23. The number of rotatable bonds is 9. The predicted octanol–water partition coefficient (Wildman–Crippen LogP) is 1.38. The van der Waals surface area contributed by atoms with E-state index in [1.54, 1.807) is 7.05 Å². The van der Waals surface area contributed by atoms with Gasteiger partial charge in [-0.2, -0.15) is 0 Å². The molecule has 0 radical (unpaired) electrons. The zero-order valence-corrected chi connectivity index (χ0v) is 12.3. The summed E-state index contributed by atoms with van der Waals surface area (Å²) in [5.41, 5.74) is 0. The van der Waals surface area contributed by atoms with E-state index in [4.69, 9.17) is 10.2 Å². The van der Waals surface area contributed by atoms with Gasteiger partial charge in [-0.3, -0.25) is 4.79 Å². The Morgan fingerprint density at radius 3 is 2.20 bits per heavy atom. The molecule has 0 saturated carbocycles. The summed E-state index contributed by atoms with van der Waals surface area (Å²) in [6, 6.07) is -1.50. The SMILES string of the molecule is CC(C)CCN(C)C(=O)N[C@H](CCCC(=O)O)C(=O)O. The molecule has 0 aromatic heterocycles. The number of nitrogens with zero attached hydrogens (tertiary/aromatic N) is 1. The Balaban J connectivity index is 4.25. The highest BCUT2D eigenvalue weighted by molar-refractivity contribution is 5.82. The molecule has 20 heavy (non-hydrogen) atoms. The van der Waals surface area contributed by atoms with E-state index in [1.165, 1.54) is 4.90 Å². The lowest BCUT2D eigenvalue weighted by molar-refractivity contribution is -0.140. The van der Waals surface area contributed by atoms with Crippen LogP contribution in [0.25, 0.3) is 0 Å². The van der Waals surface area contributed by atoms with Crippen molar-refractivity contribution < 1.29 is 24.6 Å². The molecule has 3 N–H and O–H groups in total. The van der Waals surface area contributed by atoms with E-state index in [0.29, 0.717) is 12.5 Å². The number of urea groups is 1. The number of aliphatic carboxylic acids is 2. The second kappa shape index (κ2) is 9.17. The van der Waals surface area contributed by atoms with Crippen molar-refractivity contribution >= 4 is 18.0 Å². The van der Waals surface area contributed by atoms with Gasteiger partial charge in [0.2, 0.25) is 0 Å². The van der Waals surface area contributed by atoms with Gasteiger partial charge < -0.3 is 20.4 Å². The Morgan fingerprint density at radius 1 is 1.15 bits per heavy atom. The summed E-state index contributed by atoms with van der Waals surface area (Å²) < 4.78 is 0. The van der Waals surface area contributed by atoms with Crippen molar-refractivity contribution in [2.45, 2.75) is 45.6 Å². The van der Waals surface area contributed by atoms with Crippen molar-refractivity contribution in [3.63, 3.8) is 0 Å². The Kier molecular flexibility index (Phi) is 8.35. The van der Waals surface area contributed by atoms with E-state index in [0.717, 1.165) is 6.42 Å². The van der Waals surface area contributed by atoms with Gasteiger partial charge in [0.25, 0.3) is 0 Å². The minimum atomic E-state index is -1.15. The lowest BCUT2D eigenvalue weighted by Gasteiger charge is -2.22. The number of carboxylic acids is 2. The standard InChI is InChI=1S/C13H24N2O5/c1-9(2)7-8-15(3)13(20)14-10(12(18)19)5-4-6-11(16)17/h9-10H,4-8H2,1-3H3,(H,14,20)(H,16,17)(H,18,19)/t10-/m1/s1. The monoisotopic (exact) mass is 288 g/mol. The van der Waals surface area contributed by atoms with Crippen LogP contribution in [0.4, 0.5) is 4.79 Å². The zero-order chi connectivity index (χ0) is 15.7. The van der Waals surface area contributed by atoms with Crippen molar-refractivity contribution in [1.29, 1.82) is 0 Å². The van der Waals surface area contributed by atoms with Gasteiger partial charge in [-0.1, -0.05) is 13.8 Å².